The van der Waals surface area contributed by atoms with Gasteiger partial charge in [-0.15, -0.1) is 0 Å². The summed E-state index contributed by atoms with van der Waals surface area (Å²) in [5.41, 5.74) is 3.64. The van der Waals surface area contributed by atoms with E-state index in [9.17, 15) is 0 Å². The molecular formula is C13H20NOS+. The van der Waals surface area contributed by atoms with E-state index in [0.717, 1.165) is 17.2 Å². The molecule has 2 nitrogen and oxygen atoms in total. The van der Waals surface area contributed by atoms with Crippen LogP contribution in [0.25, 0.3) is 0 Å². The number of thioether (sulfide) groups is 1. The van der Waals surface area contributed by atoms with Crippen molar-refractivity contribution in [3.63, 3.8) is 0 Å². The highest BCUT2D eigenvalue weighted by molar-refractivity contribution is 7.99. The van der Waals surface area contributed by atoms with Gasteiger partial charge in [-0.3, -0.25) is 4.84 Å². The fourth-order valence-electron chi connectivity index (χ4n) is 1.29. The molecule has 0 atom stereocenters. The van der Waals surface area contributed by atoms with Crippen molar-refractivity contribution in [3.8, 4) is 0 Å². The standard InChI is InChI=1S/C13H19NOS/c1-4-15-14-13(10-16-5-2)12-8-6-11(3)7-9-12/h6-9H,4-5,10H2,1-3H3/p+1/b14-13+. The molecule has 1 aromatic carbocycles. The molecule has 0 unspecified atom stereocenters. The quantitative estimate of drug-likeness (QED) is 0.600. The molecule has 0 heterocycles. The highest BCUT2D eigenvalue weighted by Gasteiger charge is 2.10. The van der Waals surface area contributed by atoms with Gasteiger partial charge < -0.3 is 0 Å². The molecule has 0 spiro atoms. The Kier molecular flexibility index (Phi) is 6.01. The third kappa shape index (κ3) is 4.27. The van der Waals surface area contributed by atoms with Crippen LogP contribution >= 0.6 is 11.8 Å². The van der Waals surface area contributed by atoms with E-state index in [2.05, 4.69) is 43.3 Å². The maximum atomic E-state index is 5.28. The molecule has 0 bridgehead atoms. The van der Waals surface area contributed by atoms with E-state index in [-0.39, 0.29) is 0 Å². The molecule has 0 aromatic heterocycles. The number of aryl methyl sites for hydroxylation is 1. The molecule has 0 amide bonds. The first-order chi connectivity index (χ1) is 7.77. The van der Waals surface area contributed by atoms with Crippen LogP contribution in [0.15, 0.2) is 24.3 Å². The Morgan fingerprint density at radius 2 is 1.94 bits per heavy atom. The van der Waals surface area contributed by atoms with Crippen LogP contribution < -0.4 is 5.16 Å². The molecule has 1 aromatic rings. The Balaban J connectivity index is 2.78. The van der Waals surface area contributed by atoms with Crippen molar-refractivity contribution < 1.29 is 9.99 Å². The zero-order valence-electron chi connectivity index (χ0n) is 10.2. The number of hydrogen-bond donors (Lipinski definition) is 1. The van der Waals surface area contributed by atoms with Crippen LogP contribution in [-0.4, -0.2) is 23.8 Å². The lowest BCUT2D eigenvalue weighted by Gasteiger charge is -2.00. The van der Waals surface area contributed by atoms with Crippen molar-refractivity contribution in [3.05, 3.63) is 35.4 Å². The molecule has 0 aliphatic rings. The summed E-state index contributed by atoms with van der Waals surface area (Å²) in [6, 6.07) is 8.51. The molecule has 16 heavy (non-hydrogen) atoms. The van der Waals surface area contributed by atoms with Gasteiger partial charge in [-0.2, -0.15) is 11.8 Å². The predicted molar refractivity (Wildman–Crippen MR) is 70.9 cm³/mol. The largest absolute Gasteiger partial charge is 0.279 e. The Hall–Kier alpha value is -0.960. The number of nitrogens with one attached hydrogen (secondary N) is 1. The van der Waals surface area contributed by atoms with Gasteiger partial charge in [0.15, 0.2) is 6.61 Å². The first kappa shape index (κ1) is 13.1. The molecule has 0 fully saturated rings. The van der Waals surface area contributed by atoms with Crippen LogP contribution in [-0.2, 0) is 4.84 Å². The summed E-state index contributed by atoms with van der Waals surface area (Å²) in [6.07, 6.45) is 0. The van der Waals surface area contributed by atoms with E-state index in [1.807, 2.05) is 18.7 Å². The van der Waals surface area contributed by atoms with Crippen LogP contribution in [0.5, 0.6) is 0 Å². The van der Waals surface area contributed by atoms with Gasteiger partial charge in [0.1, 0.15) is 0 Å². The summed E-state index contributed by atoms with van der Waals surface area (Å²) >= 11 is 1.89. The third-order valence-electron chi connectivity index (χ3n) is 2.19. The lowest BCUT2D eigenvalue weighted by molar-refractivity contribution is -0.752. The van der Waals surface area contributed by atoms with E-state index in [1.165, 1.54) is 11.1 Å². The summed E-state index contributed by atoms with van der Waals surface area (Å²) in [7, 11) is 0. The first-order valence-corrected chi connectivity index (χ1v) is 6.81. The normalized spacial score (nSPS) is 11.6. The Labute approximate surface area is 102 Å². The fraction of sp³-hybridized carbons (Fsp3) is 0.462. The van der Waals surface area contributed by atoms with Crippen molar-refractivity contribution in [2.45, 2.75) is 20.8 Å². The van der Waals surface area contributed by atoms with Gasteiger partial charge in [0.05, 0.1) is 5.75 Å². The second-order valence-electron chi connectivity index (χ2n) is 3.52. The third-order valence-corrected chi connectivity index (χ3v) is 3.09. The van der Waals surface area contributed by atoms with E-state index in [4.69, 9.17) is 4.84 Å². The number of rotatable bonds is 6. The topological polar surface area (TPSA) is 23.2 Å². The molecular weight excluding hydrogens is 218 g/mol. The SMILES string of the molecule is CCO/[NH+]=C(\CSCC)c1ccc(C)cc1. The molecule has 0 radical (unpaired) electrons. The summed E-state index contributed by atoms with van der Waals surface area (Å²) in [4.78, 5) is 5.28. The molecule has 1 rings (SSSR count). The Morgan fingerprint density at radius 1 is 1.25 bits per heavy atom. The average molecular weight is 238 g/mol. The van der Waals surface area contributed by atoms with Gasteiger partial charge in [-0.05, 0) is 36.9 Å². The Bertz CT molecular complexity index is 332. The van der Waals surface area contributed by atoms with Crippen molar-refractivity contribution in [1.82, 2.24) is 0 Å². The summed E-state index contributed by atoms with van der Waals surface area (Å²) in [6.45, 7) is 6.91. The molecule has 0 aliphatic heterocycles. The van der Waals surface area contributed by atoms with Crippen LogP contribution in [0, 0.1) is 6.92 Å². The van der Waals surface area contributed by atoms with Gasteiger partial charge in [0.25, 0.3) is 0 Å². The summed E-state index contributed by atoms with van der Waals surface area (Å²) in [5.74, 6) is 2.07. The van der Waals surface area contributed by atoms with E-state index < -0.39 is 0 Å². The predicted octanol–water partition coefficient (Wildman–Crippen LogP) is 1.57. The van der Waals surface area contributed by atoms with Crippen molar-refractivity contribution >= 4 is 17.5 Å². The van der Waals surface area contributed by atoms with Crippen LogP contribution in [0.3, 0.4) is 0 Å². The Morgan fingerprint density at radius 3 is 2.50 bits per heavy atom. The van der Waals surface area contributed by atoms with Gasteiger partial charge in [0, 0.05) is 5.56 Å². The first-order valence-electron chi connectivity index (χ1n) is 5.66. The monoisotopic (exact) mass is 238 g/mol. The van der Waals surface area contributed by atoms with E-state index >= 15 is 0 Å². The molecule has 0 saturated heterocycles. The van der Waals surface area contributed by atoms with Gasteiger partial charge in [0.2, 0.25) is 5.71 Å². The van der Waals surface area contributed by atoms with Crippen LogP contribution in [0.1, 0.15) is 25.0 Å². The lowest BCUT2D eigenvalue weighted by atomic mass is 10.1. The van der Waals surface area contributed by atoms with Gasteiger partial charge in [-0.25, -0.2) is 0 Å². The highest BCUT2D eigenvalue weighted by atomic mass is 32.2. The molecule has 1 N–H and O–H groups in total. The maximum Gasteiger partial charge on any atom is 0.241 e. The van der Waals surface area contributed by atoms with Gasteiger partial charge in [-0.1, -0.05) is 24.6 Å². The van der Waals surface area contributed by atoms with Crippen molar-refractivity contribution in [2.24, 2.45) is 0 Å². The minimum Gasteiger partial charge on any atom is -0.279 e. The van der Waals surface area contributed by atoms with E-state index in [0.29, 0.717) is 6.61 Å². The van der Waals surface area contributed by atoms with E-state index in [1.54, 1.807) is 0 Å². The summed E-state index contributed by atoms with van der Waals surface area (Å²) < 4.78 is 0. The number of hydrogen-bond acceptors (Lipinski definition) is 2. The van der Waals surface area contributed by atoms with Crippen LogP contribution in [0.2, 0.25) is 0 Å². The van der Waals surface area contributed by atoms with Crippen molar-refractivity contribution in [2.75, 3.05) is 18.1 Å². The lowest BCUT2D eigenvalue weighted by Crippen LogP contribution is -2.72. The summed E-state index contributed by atoms with van der Waals surface area (Å²) in [5, 5.41) is 3.04. The molecule has 88 valence electrons. The number of benzene rings is 1. The molecule has 3 heteroatoms. The fourth-order valence-corrected chi connectivity index (χ4v) is 1.92. The maximum absolute atomic E-state index is 5.28. The van der Waals surface area contributed by atoms with Crippen molar-refractivity contribution in [1.29, 1.82) is 0 Å². The molecule has 0 saturated carbocycles. The van der Waals surface area contributed by atoms with Crippen LogP contribution in [0.4, 0.5) is 0 Å². The zero-order chi connectivity index (χ0) is 11.8. The smallest absolute Gasteiger partial charge is 0.241 e. The minimum absolute atomic E-state index is 0.673. The average Bonchev–Trinajstić information content (AvgIpc) is 2.31. The minimum atomic E-state index is 0.673. The second-order valence-corrected chi connectivity index (χ2v) is 4.79. The van der Waals surface area contributed by atoms with Gasteiger partial charge >= 0.3 is 0 Å². The zero-order valence-corrected chi connectivity index (χ0v) is 11.1. The molecule has 0 aliphatic carbocycles. The second kappa shape index (κ2) is 7.34. The highest BCUT2D eigenvalue weighted by Crippen LogP contribution is 2.06.